The van der Waals surface area contributed by atoms with Crippen LogP contribution in [0.3, 0.4) is 0 Å². The molecule has 1 aromatic heterocycles. The number of aromatic nitrogens is 2. The van der Waals surface area contributed by atoms with E-state index in [1.54, 1.807) is 4.68 Å². The predicted octanol–water partition coefficient (Wildman–Crippen LogP) is 1.91. The Kier molecular flexibility index (Phi) is 4.24. The third-order valence-corrected chi connectivity index (χ3v) is 4.32. The summed E-state index contributed by atoms with van der Waals surface area (Å²) in [5, 5.41) is 7.52. The fourth-order valence-electron chi connectivity index (χ4n) is 2.97. The van der Waals surface area contributed by atoms with Crippen LogP contribution in [-0.4, -0.2) is 46.8 Å². The normalized spacial score (nSPS) is 15.7. The Labute approximate surface area is 130 Å². The second-order valence-corrected chi connectivity index (χ2v) is 5.88. The number of carbonyl (C=O) groups is 1. The first-order chi connectivity index (χ1) is 10.6. The van der Waals surface area contributed by atoms with Gasteiger partial charge >= 0.3 is 0 Å². The molecule has 0 spiro atoms. The van der Waals surface area contributed by atoms with Gasteiger partial charge in [0.2, 0.25) is 0 Å². The predicted molar refractivity (Wildman–Crippen MR) is 86.6 cm³/mol. The van der Waals surface area contributed by atoms with Crippen molar-refractivity contribution in [1.29, 1.82) is 0 Å². The zero-order valence-electron chi connectivity index (χ0n) is 13.1. The van der Waals surface area contributed by atoms with Crippen LogP contribution >= 0.6 is 0 Å². The van der Waals surface area contributed by atoms with Crippen molar-refractivity contribution in [2.45, 2.75) is 18.9 Å². The lowest BCUT2D eigenvalue weighted by atomic mass is 10.0. The molecule has 2 aromatic rings. The number of benzene rings is 1. The number of amides is 1. The summed E-state index contributed by atoms with van der Waals surface area (Å²) in [5.41, 5.74) is 2.79. The first-order valence-corrected chi connectivity index (χ1v) is 7.72. The molecule has 0 unspecified atom stereocenters. The highest BCUT2D eigenvalue weighted by Gasteiger charge is 2.23. The molecule has 1 aromatic carbocycles. The van der Waals surface area contributed by atoms with Crippen LogP contribution in [0.4, 0.5) is 0 Å². The van der Waals surface area contributed by atoms with Crippen molar-refractivity contribution >= 4 is 5.91 Å². The number of hydrogen-bond donors (Lipinski definition) is 1. The second-order valence-electron chi connectivity index (χ2n) is 5.88. The molecular weight excluding hydrogens is 276 g/mol. The van der Waals surface area contributed by atoms with Gasteiger partial charge < -0.3 is 10.2 Å². The number of aryl methyl sites for hydroxylation is 1. The van der Waals surface area contributed by atoms with Crippen LogP contribution in [0.5, 0.6) is 0 Å². The average molecular weight is 298 g/mol. The van der Waals surface area contributed by atoms with Gasteiger partial charge in [-0.25, -0.2) is 0 Å². The van der Waals surface area contributed by atoms with Crippen LogP contribution in [-0.2, 0) is 7.05 Å². The third kappa shape index (κ3) is 3.04. The average Bonchev–Trinajstić information content (AvgIpc) is 3.01. The van der Waals surface area contributed by atoms with Crippen LogP contribution in [0, 0.1) is 0 Å². The van der Waals surface area contributed by atoms with Gasteiger partial charge in [0, 0.05) is 37.5 Å². The molecule has 1 aliphatic heterocycles. The van der Waals surface area contributed by atoms with E-state index in [9.17, 15) is 4.79 Å². The number of nitrogens with zero attached hydrogens (tertiary/aromatic N) is 3. The fraction of sp³-hybridized carbons (Fsp3) is 0.412. The van der Waals surface area contributed by atoms with E-state index in [1.165, 1.54) is 0 Å². The van der Waals surface area contributed by atoms with Gasteiger partial charge in [-0.3, -0.25) is 9.48 Å². The topological polar surface area (TPSA) is 50.2 Å². The minimum atomic E-state index is 0.0950. The van der Waals surface area contributed by atoms with E-state index in [1.807, 2.05) is 55.7 Å². The summed E-state index contributed by atoms with van der Waals surface area (Å²) in [7, 11) is 3.80. The van der Waals surface area contributed by atoms with E-state index in [2.05, 4.69) is 10.4 Å². The lowest BCUT2D eigenvalue weighted by Crippen LogP contribution is -2.43. The van der Waals surface area contributed by atoms with Gasteiger partial charge in [0.25, 0.3) is 5.91 Å². The largest absolute Gasteiger partial charge is 0.339 e. The molecular formula is C17H22N4O. The van der Waals surface area contributed by atoms with Crippen molar-refractivity contribution in [2.24, 2.45) is 7.05 Å². The number of rotatable bonds is 3. The van der Waals surface area contributed by atoms with Crippen molar-refractivity contribution < 1.29 is 4.79 Å². The molecule has 1 N–H and O–H groups in total. The maximum absolute atomic E-state index is 12.7. The SMILES string of the molecule is CN(C(=O)c1cccc(-c2cnn(C)c2)c1)C1CCNCC1. The highest BCUT2D eigenvalue weighted by Crippen LogP contribution is 2.21. The summed E-state index contributed by atoms with van der Waals surface area (Å²) >= 11 is 0. The lowest BCUT2D eigenvalue weighted by Gasteiger charge is -2.31. The standard InChI is InChI=1S/C17H22N4O/c1-20-12-15(11-19-20)13-4-3-5-14(10-13)17(22)21(2)16-6-8-18-9-7-16/h3-5,10-12,16,18H,6-9H2,1-2H3. The summed E-state index contributed by atoms with van der Waals surface area (Å²) in [6, 6.07) is 8.12. The van der Waals surface area contributed by atoms with E-state index in [0.29, 0.717) is 6.04 Å². The minimum Gasteiger partial charge on any atom is -0.339 e. The van der Waals surface area contributed by atoms with Crippen LogP contribution < -0.4 is 5.32 Å². The Morgan fingerprint density at radius 3 is 2.77 bits per heavy atom. The lowest BCUT2D eigenvalue weighted by molar-refractivity contribution is 0.0703. The molecule has 3 rings (SSSR count). The van der Waals surface area contributed by atoms with Gasteiger partial charge in [0.1, 0.15) is 0 Å². The van der Waals surface area contributed by atoms with Crippen LogP contribution in [0.1, 0.15) is 23.2 Å². The van der Waals surface area contributed by atoms with Crippen LogP contribution in [0.25, 0.3) is 11.1 Å². The monoisotopic (exact) mass is 298 g/mol. The molecule has 5 heteroatoms. The summed E-state index contributed by atoms with van der Waals surface area (Å²) in [5.74, 6) is 0.0950. The quantitative estimate of drug-likeness (QED) is 0.942. The molecule has 5 nitrogen and oxygen atoms in total. The van der Waals surface area contributed by atoms with Crippen LogP contribution in [0.2, 0.25) is 0 Å². The summed E-state index contributed by atoms with van der Waals surface area (Å²) in [4.78, 5) is 14.6. The number of piperidine rings is 1. The zero-order valence-corrected chi connectivity index (χ0v) is 13.1. The highest BCUT2D eigenvalue weighted by atomic mass is 16.2. The smallest absolute Gasteiger partial charge is 0.253 e. The van der Waals surface area contributed by atoms with E-state index in [0.717, 1.165) is 42.6 Å². The van der Waals surface area contributed by atoms with Crippen molar-refractivity contribution in [3.63, 3.8) is 0 Å². The van der Waals surface area contributed by atoms with E-state index < -0.39 is 0 Å². The molecule has 0 saturated carbocycles. The maximum Gasteiger partial charge on any atom is 0.253 e. The fourth-order valence-corrected chi connectivity index (χ4v) is 2.97. The molecule has 1 amide bonds. The summed E-state index contributed by atoms with van der Waals surface area (Å²) in [6.45, 7) is 1.97. The van der Waals surface area contributed by atoms with Crippen molar-refractivity contribution in [1.82, 2.24) is 20.0 Å². The number of hydrogen-bond acceptors (Lipinski definition) is 3. The number of carbonyl (C=O) groups excluding carboxylic acids is 1. The van der Waals surface area contributed by atoms with Gasteiger partial charge in [-0.2, -0.15) is 5.10 Å². The van der Waals surface area contributed by atoms with E-state index in [-0.39, 0.29) is 5.91 Å². The van der Waals surface area contributed by atoms with Gasteiger partial charge in [-0.05, 0) is 43.6 Å². The molecule has 116 valence electrons. The molecule has 0 radical (unpaired) electrons. The number of nitrogens with one attached hydrogen (secondary N) is 1. The summed E-state index contributed by atoms with van der Waals surface area (Å²) < 4.78 is 1.77. The van der Waals surface area contributed by atoms with Crippen molar-refractivity contribution in [3.05, 3.63) is 42.2 Å². The third-order valence-electron chi connectivity index (χ3n) is 4.32. The highest BCUT2D eigenvalue weighted by molar-refractivity contribution is 5.95. The van der Waals surface area contributed by atoms with Crippen molar-refractivity contribution in [2.75, 3.05) is 20.1 Å². The Hall–Kier alpha value is -2.14. The molecule has 2 heterocycles. The first-order valence-electron chi connectivity index (χ1n) is 7.72. The van der Waals surface area contributed by atoms with Gasteiger partial charge in [-0.15, -0.1) is 0 Å². The molecule has 0 bridgehead atoms. The first kappa shape index (κ1) is 14.8. The van der Waals surface area contributed by atoms with E-state index >= 15 is 0 Å². The minimum absolute atomic E-state index is 0.0950. The molecule has 1 fully saturated rings. The Bertz CT molecular complexity index is 658. The Morgan fingerprint density at radius 2 is 2.09 bits per heavy atom. The zero-order chi connectivity index (χ0) is 15.5. The second kappa shape index (κ2) is 6.32. The van der Waals surface area contributed by atoms with Crippen LogP contribution in [0.15, 0.2) is 36.7 Å². The summed E-state index contributed by atoms with van der Waals surface area (Å²) in [6.07, 6.45) is 5.81. The van der Waals surface area contributed by atoms with E-state index in [4.69, 9.17) is 0 Å². The molecule has 0 atom stereocenters. The molecule has 22 heavy (non-hydrogen) atoms. The maximum atomic E-state index is 12.7. The molecule has 1 saturated heterocycles. The van der Waals surface area contributed by atoms with Gasteiger partial charge in [0.15, 0.2) is 0 Å². The van der Waals surface area contributed by atoms with Gasteiger partial charge in [-0.1, -0.05) is 12.1 Å². The Balaban J connectivity index is 1.80. The Morgan fingerprint density at radius 1 is 1.32 bits per heavy atom. The molecule has 0 aliphatic carbocycles. The van der Waals surface area contributed by atoms with Crippen molar-refractivity contribution in [3.8, 4) is 11.1 Å². The van der Waals surface area contributed by atoms with Gasteiger partial charge in [0.05, 0.1) is 6.20 Å². The molecule has 1 aliphatic rings.